The van der Waals surface area contributed by atoms with Crippen molar-refractivity contribution in [2.75, 3.05) is 6.61 Å². The fourth-order valence-electron chi connectivity index (χ4n) is 7.89. The molecule has 0 amide bonds. The molecule has 0 aromatic carbocycles. The Labute approximate surface area is 185 Å². The maximum Gasteiger partial charge on any atom is 0.193 e. The Morgan fingerprint density at radius 2 is 1.94 bits per heavy atom. The lowest BCUT2D eigenvalue weighted by Gasteiger charge is -2.62. The first-order chi connectivity index (χ1) is 14.8. The minimum Gasteiger partial charge on any atom is -0.390 e. The van der Waals surface area contributed by atoms with Crippen LogP contribution in [0.25, 0.3) is 0 Å². The monoisotopic (exact) mass is 452 g/mol. The number of ketones is 2. The Kier molecular flexibility index (Phi) is 4.42. The molecule has 0 aromatic rings. The summed E-state index contributed by atoms with van der Waals surface area (Å²) < 4.78 is 44.8. The van der Waals surface area contributed by atoms with Gasteiger partial charge in [0.25, 0.3) is 0 Å². The van der Waals surface area contributed by atoms with Gasteiger partial charge >= 0.3 is 0 Å². The highest BCUT2D eigenvalue weighted by atomic mass is 19.1. The van der Waals surface area contributed by atoms with Gasteiger partial charge < -0.3 is 19.7 Å². The van der Waals surface area contributed by atoms with E-state index >= 15 is 8.78 Å². The molecule has 32 heavy (non-hydrogen) atoms. The van der Waals surface area contributed by atoms with E-state index in [-0.39, 0.29) is 37.0 Å². The molecule has 0 radical (unpaired) electrons. The third-order valence-electron chi connectivity index (χ3n) is 9.21. The second-order valence-corrected chi connectivity index (χ2v) is 11.0. The van der Waals surface area contributed by atoms with Crippen molar-refractivity contribution in [1.29, 1.82) is 0 Å². The lowest BCUT2D eigenvalue weighted by Crippen LogP contribution is -2.69. The Bertz CT molecular complexity index is 974. The topological polar surface area (TPSA) is 93.1 Å². The van der Waals surface area contributed by atoms with E-state index in [9.17, 15) is 19.8 Å². The summed E-state index contributed by atoms with van der Waals surface area (Å²) in [5.74, 6) is -3.98. The third kappa shape index (κ3) is 2.32. The Morgan fingerprint density at radius 3 is 2.59 bits per heavy atom. The number of fused-ring (bicyclic) bond motifs is 7. The van der Waals surface area contributed by atoms with E-state index < -0.39 is 70.1 Å². The predicted octanol–water partition coefficient (Wildman–Crippen LogP) is 2.72. The maximum absolute atomic E-state index is 17.1. The van der Waals surface area contributed by atoms with E-state index in [1.165, 1.54) is 12.2 Å². The molecule has 176 valence electrons. The molecule has 2 N–H and O–H groups in total. The van der Waals surface area contributed by atoms with Crippen LogP contribution in [-0.2, 0) is 19.1 Å². The quantitative estimate of drug-likeness (QED) is 0.669. The second kappa shape index (κ2) is 6.34. The number of hydrogen-bond acceptors (Lipinski definition) is 6. The molecule has 5 rings (SSSR count). The summed E-state index contributed by atoms with van der Waals surface area (Å²) in [5.41, 5.74) is -6.23. The van der Waals surface area contributed by atoms with Crippen molar-refractivity contribution in [1.82, 2.24) is 0 Å². The number of alkyl halides is 1. The van der Waals surface area contributed by atoms with Gasteiger partial charge in [-0.3, -0.25) is 9.59 Å². The normalized spacial score (nSPS) is 51.2. The summed E-state index contributed by atoms with van der Waals surface area (Å²) in [4.78, 5) is 25.1. The van der Waals surface area contributed by atoms with Gasteiger partial charge in [-0.2, -0.15) is 0 Å². The van der Waals surface area contributed by atoms with Gasteiger partial charge in [0.1, 0.15) is 12.4 Å². The van der Waals surface area contributed by atoms with Crippen LogP contribution in [0.5, 0.6) is 0 Å². The summed E-state index contributed by atoms with van der Waals surface area (Å²) in [7, 11) is 0. The van der Waals surface area contributed by atoms with Crippen LogP contribution in [0.15, 0.2) is 23.6 Å². The Morgan fingerprint density at radius 1 is 1.25 bits per heavy atom. The minimum absolute atomic E-state index is 0.0966. The van der Waals surface area contributed by atoms with E-state index in [0.29, 0.717) is 0 Å². The van der Waals surface area contributed by atoms with Crippen molar-refractivity contribution < 1.29 is 38.1 Å². The lowest BCUT2D eigenvalue weighted by atomic mass is 9.45. The average molecular weight is 452 g/mol. The summed E-state index contributed by atoms with van der Waals surface area (Å²) >= 11 is 0. The number of carbonyl (C=O) groups is 2. The van der Waals surface area contributed by atoms with Crippen LogP contribution in [0.3, 0.4) is 0 Å². The molecule has 0 aromatic heterocycles. The standard InChI is InChI=1S/C24H30F2O6/c1-20(2)31-19-9-13-14-8-16(25)15-7-12(28)5-6-21(15,3)23(14,26)17(29)10-22(13,4)24(19,32-20)18(30)11-27/h5-6,13-14,17,19,27,29H,7-11H2,1-4H3/t13?,14?,17-,19+,21?,22?,23-,24+/m0/s1. The van der Waals surface area contributed by atoms with Crippen molar-refractivity contribution in [3.05, 3.63) is 23.6 Å². The number of ether oxygens (including phenoxy) is 2. The number of aliphatic hydroxyl groups excluding tert-OH is 2. The molecule has 1 aliphatic heterocycles. The molecule has 4 unspecified atom stereocenters. The number of Topliss-reactive ketones (excluding diaryl/α,β-unsaturated/α-hetero) is 1. The van der Waals surface area contributed by atoms with Gasteiger partial charge in [0.15, 0.2) is 28.6 Å². The summed E-state index contributed by atoms with van der Waals surface area (Å²) in [5, 5.41) is 21.1. The fraction of sp³-hybridized carbons (Fsp3) is 0.750. The summed E-state index contributed by atoms with van der Waals surface area (Å²) in [6.07, 6.45) is 0.0542. The molecule has 2 saturated carbocycles. The van der Waals surface area contributed by atoms with Crippen molar-refractivity contribution >= 4 is 11.6 Å². The fourth-order valence-corrected chi connectivity index (χ4v) is 7.89. The van der Waals surface area contributed by atoms with Crippen LogP contribution in [-0.4, -0.2) is 57.7 Å². The van der Waals surface area contributed by atoms with E-state index in [0.717, 1.165) is 0 Å². The zero-order valence-electron chi connectivity index (χ0n) is 18.8. The van der Waals surface area contributed by atoms with E-state index in [1.54, 1.807) is 27.7 Å². The summed E-state index contributed by atoms with van der Waals surface area (Å²) in [6.45, 7) is 5.88. The van der Waals surface area contributed by atoms with Crippen molar-refractivity contribution in [2.24, 2.45) is 22.7 Å². The van der Waals surface area contributed by atoms with Crippen LogP contribution >= 0.6 is 0 Å². The smallest absolute Gasteiger partial charge is 0.193 e. The molecule has 6 nitrogen and oxygen atoms in total. The molecule has 8 heteroatoms. The number of aliphatic hydroxyl groups is 2. The molecular weight excluding hydrogens is 422 g/mol. The maximum atomic E-state index is 17.1. The highest BCUT2D eigenvalue weighted by molar-refractivity contribution is 5.94. The van der Waals surface area contributed by atoms with Gasteiger partial charge in [0.2, 0.25) is 0 Å². The molecule has 4 aliphatic carbocycles. The van der Waals surface area contributed by atoms with Crippen LogP contribution in [0.1, 0.15) is 53.4 Å². The van der Waals surface area contributed by atoms with Gasteiger partial charge in [0, 0.05) is 29.6 Å². The zero-order valence-corrected chi connectivity index (χ0v) is 18.8. The molecule has 8 atom stereocenters. The van der Waals surface area contributed by atoms with Gasteiger partial charge in [-0.1, -0.05) is 13.0 Å². The van der Waals surface area contributed by atoms with E-state index in [1.807, 2.05) is 0 Å². The summed E-state index contributed by atoms with van der Waals surface area (Å²) in [6, 6.07) is 0. The van der Waals surface area contributed by atoms with Gasteiger partial charge in [-0.15, -0.1) is 0 Å². The zero-order chi connectivity index (χ0) is 23.5. The molecule has 5 aliphatic rings. The first-order valence-corrected chi connectivity index (χ1v) is 11.3. The molecule has 0 bridgehead atoms. The highest BCUT2D eigenvalue weighted by Gasteiger charge is 2.80. The molecule has 1 saturated heterocycles. The van der Waals surface area contributed by atoms with Crippen molar-refractivity contribution in [3.63, 3.8) is 0 Å². The van der Waals surface area contributed by atoms with Crippen LogP contribution in [0.4, 0.5) is 8.78 Å². The first kappa shape index (κ1) is 22.3. The van der Waals surface area contributed by atoms with Crippen molar-refractivity contribution in [2.45, 2.75) is 82.6 Å². The number of rotatable bonds is 2. The number of halogens is 2. The second-order valence-electron chi connectivity index (χ2n) is 11.0. The van der Waals surface area contributed by atoms with E-state index in [4.69, 9.17) is 9.47 Å². The molecule has 3 fully saturated rings. The van der Waals surface area contributed by atoms with Gasteiger partial charge in [0.05, 0.1) is 12.2 Å². The van der Waals surface area contributed by atoms with E-state index in [2.05, 4.69) is 0 Å². The molecular formula is C24H30F2O6. The third-order valence-corrected chi connectivity index (χ3v) is 9.21. The lowest BCUT2D eigenvalue weighted by molar-refractivity contribution is -0.244. The van der Waals surface area contributed by atoms with Crippen LogP contribution in [0.2, 0.25) is 0 Å². The first-order valence-electron chi connectivity index (χ1n) is 11.3. The van der Waals surface area contributed by atoms with Crippen molar-refractivity contribution in [3.8, 4) is 0 Å². The molecule has 1 heterocycles. The minimum atomic E-state index is -2.23. The average Bonchev–Trinajstić information content (AvgIpc) is 3.11. The van der Waals surface area contributed by atoms with Gasteiger partial charge in [-0.25, -0.2) is 8.78 Å². The number of allylic oxidation sites excluding steroid dienone is 4. The van der Waals surface area contributed by atoms with Crippen LogP contribution < -0.4 is 0 Å². The highest BCUT2D eigenvalue weighted by Crippen LogP contribution is 2.72. The number of carbonyl (C=O) groups excluding carboxylic acids is 2. The van der Waals surface area contributed by atoms with Crippen LogP contribution in [0, 0.1) is 22.7 Å². The molecule has 0 spiro atoms. The Balaban J connectivity index is 1.67. The SMILES string of the molecule is CC1(C)O[C@@H]2CC3C4CC(F)=C5CC(=O)C=CC5(C)[C@@]4(F)[C@@H](O)CC3(C)[C@]2(C(=O)CO)O1. The Hall–Kier alpha value is -1.48. The largest absolute Gasteiger partial charge is 0.390 e. The van der Waals surface area contributed by atoms with Gasteiger partial charge in [-0.05, 0) is 51.2 Å². The predicted molar refractivity (Wildman–Crippen MR) is 109 cm³/mol. The number of hydrogen-bond donors (Lipinski definition) is 2.